The van der Waals surface area contributed by atoms with Crippen LogP contribution in [0, 0.1) is 12.7 Å². The van der Waals surface area contributed by atoms with Gasteiger partial charge < -0.3 is 10.5 Å². The summed E-state index contributed by atoms with van der Waals surface area (Å²) in [4.78, 5) is 17.0. The molecule has 2 aromatic carbocycles. The summed E-state index contributed by atoms with van der Waals surface area (Å²) in [6.45, 7) is 3.23. The molecule has 0 radical (unpaired) electrons. The van der Waals surface area contributed by atoms with Crippen molar-refractivity contribution < 1.29 is 14.9 Å². The minimum atomic E-state index is -0.294. The molecular weight excluding hydrogens is 345 g/mol. The van der Waals surface area contributed by atoms with E-state index in [1.165, 1.54) is 12.1 Å². The van der Waals surface area contributed by atoms with Gasteiger partial charge in [0.15, 0.2) is 0 Å². The fraction of sp³-hybridized carbons (Fsp3) is 0.222. The second kappa shape index (κ2) is 8.09. The van der Waals surface area contributed by atoms with Crippen molar-refractivity contribution in [2.24, 2.45) is 0 Å². The van der Waals surface area contributed by atoms with Crippen LogP contribution in [0.2, 0.25) is 0 Å². The molecule has 0 atom stereocenters. The molecule has 0 amide bonds. The number of aromatic nitrogens is 2. The normalized spacial score (nSPS) is 10.5. The number of hydrogen-bond donors (Lipinski definition) is 1. The van der Waals surface area contributed by atoms with Gasteiger partial charge in [0, 0.05) is 6.07 Å². The Hall–Kier alpha value is -2.44. The molecule has 3 rings (SSSR count). The van der Waals surface area contributed by atoms with E-state index in [0.29, 0.717) is 35.6 Å². The molecule has 0 fully saturated rings. The Morgan fingerprint density at radius 1 is 1.24 bits per heavy atom. The highest BCUT2D eigenvalue weighted by atomic mass is 35.5. The monoisotopic (exact) mass is 364 g/mol. The molecule has 3 aromatic rings. The zero-order chi connectivity index (χ0) is 17.1. The predicted octanol–water partition coefficient (Wildman–Crippen LogP) is 2.09. The van der Waals surface area contributed by atoms with Gasteiger partial charge in [0.05, 0.1) is 24.0 Å². The SMILES string of the molecule is Cc1nc2cc(OCc3cccc(F)c3)ccc2c(=O)n1CC[NH3+].Cl. The third-order valence-corrected chi connectivity index (χ3v) is 3.79. The lowest BCUT2D eigenvalue weighted by Gasteiger charge is -2.10. The van der Waals surface area contributed by atoms with Gasteiger partial charge in [0.25, 0.3) is 5.56 Å². The molecule has 132 valence electrons. The Morgan fingerprint density at radius 2 is 2.04 bits per heavy atom. The van der Waals surface area contributed by atoms with Gasteiger partial charge in [-0.15, -0.1) is 12.4 Å². The zero-order valence-electron chi connectivity index (χ0n) is 13.9. The standard InChI is InChI=1S/C18H18FN3O2.ClH/c1-12-21-17-10-15(24-11-13-3-2-4-14(19)9-13)5-6-16(17)18(23)22(12)8-7-20;/h2-6,9-10H,7-8,11,20H2,1H3;1H/p+1. The van der Waals surface area contributed by atoms with Crippen LogP contribution in [-0.4, -0.2) is 16.1 Å². The molecule has 5 nitrogen and oxygen atoms in total. The third-order valence-electron chi connectivity index (χ3n) is 3.79. The highest BCUT2D eigenvalue weighted by Crippen LogP contribution is 2.19. The predicted molar refractivity (Wildman–Crippen MR) is 96.5 cm³/mol. The van der Waals surface area contributed by atoms with Crippen molar-refractivity contribution in [3.8, 4) is 5.75 Å². The summed E-state index contributed by atoms with van der Waals surface area (Å²) in [5, 5.41) is 0.548. The molecule has 3 N–H and O–H groups in total. The third kappa shape index (κ3) is 4.15. The molecule has 0 saturated carbocycles. The van der Waals surface area contributed by atoms with Gasteiger partial charge in [-0.1, -0.05) is 12.1 Å². The molecular formula is C18H20ClFN3O2+. The van der Waals surface area contributed by atoms with Crippen LogP contribution in [-0.2, 0) is 13.2 Å². The van der Waals surface area contributed by atoms with Crippen molar-refractivity contribution in [2.75, 3.05) is 6.54 Å². The largest absolute Gasteiger partial charge is 0.489 e. The van der Waals surface area contributed by atoms with Crippen LogP contribution >= 0.6 is 12.4 Å². The molecule has 0 aliphatic carbocycles. The van der Waals surface area contributed by atoms with Crippen LogP contribution in [0.25, 0.3) is 10.9 Å². The second-order valence-electron chi connectivity index (χ2n) is 5.57. The summed E-state index contributed by atoms with van der Waals surface area (Å²) in [5.41, 5.74) is 5.04. The van der Waals surface area contributed by atoms with Gasteiger partial charge in [-0.05, 0) is 36.8 Å². The van der Waals surface area contributed by atoms with E-state index in [0.717, 1.165) is 5.56 Å². The summed E-state index contributed by atoms with van der Waals surface area (Å²) in [5.74, 6) is 0.948. The van der Waals surface area contributed by atoms with Crippen molar-refractivity contribution in [3.63, 3.8) is 0 Å². The number of ether oxygens (including phenoxy) is 1. The lowest BCUT2D eigenvalue weighted by Crippen LogP contribution is -2.53. The first-order chi connectivity index (χ1) is 11.6. The van der Waals surface area contributed by atoms with Gasteiger partial charge in [-0.25, -0.2) is 9.37 Å². The number of quaternary nitrogens is 1. The smallest absolute Gasteiger partial charge is 0.261 e. The first-order valence-corrected chi connectivity index (χ1v) is 7.76. The van der Waals surface area contributed by atoms with Crippen molar-refractivity contribution in [1.29, 1.82) is 0 Å². The topological polar surface area (TPSA) is 71.8 Å². The van der Waals surface area contributed by atoms with E-state index in [9.17, 15) is 9.18 Å². The van der Waals surface area contributed by atoms with Crippen LogP contribution in [0.5, 0.6) is 5.75 Å². The molecule has 0 unspecified atom stereocenters. The van der Waals surface area contributed by atoms with E-state index in [4.69, 9.17) is 4.74 Å². The maximum absolute atomic E-state index is 13.2. The molecule has 25 heavy (non-hydrogen) atoms. The summed E-state index contributed by atoms with van der Waals surface area (Å²) < 4.78 is 20.5. The second-order valence-corrected chi connectivity index (χ2v) is 5.57. The number of fused-ring (bicyclic) bond motifs is 1. The molecule has 0 aliphatic rings. The Balaban J connectivity index is 0.00000225. The van der Waals surface area contributed by atoms with Crippen LogP contribution in [0.15, 0.2) is 47.3 Å². The fourth-order valence-corrected chi connectivity index (χ4v) is 2.62. The van der Waals surface area contributed by atoms with Crippen molar-refractivity contribution in [3.05, 3.63) is 70.0 Å². The molecule has 0 saturated heterocycles. The number of nitrogens with zero attached hydrogens (tertiary/aromatic N) is 2. The zero-order valence-corrected chi connectivity index (χ0v) is 14.7. The average molecular weight is 365 g/mol. The Kier molecular flexibility index (Phi) is 6.12. The van der Waals surface area contributed by atoms with Gasteiger partial charge in [0.1, 0.15) is 24.0 Å². The quantitative estimate of drug-likeness (QED) is 0.753. The summed E-state index contributed by atoms with van der Waals surface area (Å²) in [7, 11) is 0. The Morgan fingerprint density at radius 3 is 2.76 bits per heavy atom. The summed E-state index contributed by atoms with van der Waals surface area (Å²) in [6, 6.07) is 11.4. The number of aryl methyl sites for hydroxylation is 1. The number of halogens is 2. The van der Waals surface area contributed by atoms with Gasteiger partial charge >= 0.3 is 0 Å². The summed E-state index contributed by atoms with van der Waals surface area (Å²) >= 11 is 0. The number of rotatable bonds is 5. The van der Waals surface area contributed by atoms with E-state index >= 15 is 0 Å². The molecule has 1 heterocycles. The molecule has 7 heteroatoms. The molecule has 0 aliphatic heterocycles. The number of hydrogen-bond acceptors (Lipinski definition) is 3. The van der Waals surface area contributed by atoms with Gasteiger partial charge in [0.2, 0.25) is 0 Å². The highest BCUT2D eigenvalue weighted by molar-refractivity contribution is 5.85. The van der Waals surface area contributed by atoms with E-state index in [-0.39, 0.29) is 30.4 Å². The Bertz CT molecular complexity index is 943. The number of benzene rings is 2. The lowest BCUT2D eigenvalue weighted by atomic mass is 10.2. The van der Waals surface area contributed by atoms with Crippen molar-refractivity contribution >= 4 is 23.3 Å². The first kappa shape index (κ1) is 18.9. The molecule has 0 bridgehead atoms. The average Bonchev–Trinajstić information content (AvgIpc) is 2.56. The maximum atomic E-state index is 13.2. The van der Waals surface area contributed by atoms with Crippen LogP contribution in [0.1, 0.15) is 11.4 Å². The van der Waals surface area contributed by atoms with E-state index in [1.54, 1.807) is 41.8 Å². The molecule has 1 aromatic heterocycles. The van der Waals surface area contributed by atoms with Crippen LogP contribution in [0.3, 0.4) is 0 Å². The lowest BCUT2D eigenvalue weighted by molar-refractivity contribution is -0.369. The van der Waals surface area contributed by atoms with Crippen molar-refractivity contribution in [1.82, 2.24) is 9.55 Å². The van der Waals surface area contributed by atoms with Gasteiger partial charge in [-0.3, -0.25) is 9.36 Å². The maximum Gasteiger partial charge on any atom is 0.261 e. The molecule has 0 spiro atoms. The highest BCUT2D eigenvalue weighted by Gasteiger charge is 2.09. The fourth-order valence-electron chi connectivity index (χ4n) is 2.62. The van der Waals surface area contributed by atoms with Crippen LogP contribution in [0.4, 0.5) is 4.39 Å². The van der Waals surface area contributed by atoms with E-state index in [1.807, 2.05) is 0 Å². The Labute approximate surface area is 150 Å². The minimum absolute atomic E-state index is 0. The van der Waals surface area contributed by atoms with Crippen LogP contribution < -0.4 is 16.0 Å². The van der Waals surface area contributed by atoms with E-state index < -0.39 is 0 Å². The first-order valence-electron chi connectivity index (χ1n) is 7.76. The van der Waals surface area contributed by atoms with Gasteiger partial charge in [-0.2, -0.15) is 0 Å². The van der Waals surface area contributed by atoms with E-state index in [2.05, 4.69) is 10.7 Å². The van der Waals surface area contributed by atoms with Crippen molar-refractivity contribution in [2.45, 2.75) is 20.1 Å². The minimum Gasteiger partial charge on any atom is -0.489 e. The summed E-state index contributed by atoms with van der Waals surface area (Å²) in [6.07, 6.45) is 0.